The van der Waals surface area contributed by atoms with Crippen molar-refractivity contribution in [1.82, 2.24) is 0 Å². The number of carboxylic acids is 1. The van der Waals surface area contributed by atoms with E-state index in [9.17, 15) is 9.18 Å². The lowest BCUT2D eigenvalue weighted by atomic mass is 10.0. The molecule has 5 heteroatoms. The highest BCUT2D eigenvalue weighted by molar-refractivity contribution is 5.78. The highest BCUT2D eigenvalue weighted by Crippen LogP contribution is 2.28. The standard InChI is InChI=1S/C13H17FN2O2/c14-9-4-5-11(16-6-2-1-3-7-16)10(8-9)12(15)13(17)18/h4-5,8,12H,1-3,6-7,15H2,(H,17,18). The molecule has 0 saturated carbocycles. The summed E-state index contributed by atoms with van der Waals surface area (Å²) in [7, 11) is 0. The maximum absolute atomic E-state index is 13.3. The Morgan fingerprint density at radius 3 is 2.61 bits per heavy atom. The van der Waals surface area contributed by atoms with E-state index >= 15 is 0 Å². The first-order valence-electron chi connectivity index (χ1n) is 6.12. The molecule has 0 spiro atoms. The topological polar surface area (TPSA) is 66.6 Å². The van der Waals surface area contributed by atoms with E-state index in [1.807, 2.05) is 0 Å². The minimum Gasteiger partial charge on any atom is -0.480 e. The van der Waals surface area contributed by atoms with Crippen molar-refractivity contribution in [3.05, 3.63) is 29.6 Å². The molecule has 1 aliphatic heterocycles. The van der Waals surface area contributed by atoms with Crippen LogP contribution >= 0.6 is 0 Å². The SMILES string of the molecule is NC(C(=O)O)c1cc(F)ccc1N1CCCCC1. The van der Waals surface area contributed by atoms with E-state index in [1.54, 1.807) is 6.07 Å². The van der Waals surface area contributed by atoms with E-state index in [2.05, 4.69) is 4.90 Å². The predicted molar refractivity (Wildman–Crippen MR) is 67.0 cm³/mol. The maximum atomic E-state index is 13.3. The van der Waals surface area contributed by atoms with Crippen molar-refractivity contribution >= 4 is 11.7 Å². The molecule has 1 heterocycles. The third-order valence-corrected chi connectivity index (χ3v) is 3.29. The summed E-state index contributed by atoms with van der Waals surface area (Å²) in [5.74, 6) is -1.60. The zero-order chi connectivity index (χ0) is 13.1. The summed E-state index contributed by atoms with van der Waals surface area (Å²) >= 11 is 0. The highest BCUT2D eigenvalue weighted by Gasteiger charge is 2.22. The zero-order valence-corrected chi connectivity index (χ0v) is 10.1. The number of piperidine rings is 1. The van der Waals surface area contributed by atoms with Crippen LogP contribution in [0.1, 0.15) is 30.9 Å². The predicted octanol–water partition coefficient (Wildman–Crippen LogP) is 1.90. The van der Waals surface area contributed by atoms with Crippen LogP contribution in [-0.2, 0) is 4.79 Å². The average molecular weight is 252 g/mol. The lowest BCUT2D eigenvalue weighted by molar-refractivity contribution is -0.138. The molecule has 0 radical (unpaired) electrons. The Kier molecular flexibility index (Phi) is 3.81. The Morgan fingerprint density at radius 1 is 1.33 bits per heavy atom. The van der Waals surface area contributed by atoms with E-state index < -0.39 is 17.8 Å². The van der Waals surface area contributed by atoms with Crippen molar-refractivity contribution in [2.75, 3.05) is 18.0 Å². The number of benzene rings is 1. The Morgan fingerprint density at radius 2 is 2.00 bits per heavy atom. The van der Waals surface area contributed by atoms with E-state index in [0.717, 1.165) is 31.6 Å². The number of carboxylic acid groups (broad SMARTS) is 1. The van der Waals surface area contributed by atoms with Gasteiger partial charge in [0.05, 0.1) is 0 Å². The number of hydrogen-bond acceptors (Lipinski definition) is 3. The number of aliphatic carboxylic acids is 1. The van der Waals surface area contributed by atoms with Crippen LogP contribution in [0, 0.1) is 5.82 Å². The van der Waals surface area contributed by atoms with Crippen LogP contribution in [0.25, 0.3) is 0 Å². The number of rotatable bonds is 3. The molecule has 4 nitrogen and oxygen atoms in total. The van der Waals surface area contributed by atoms with Gasteiger partial charge in [0.2, 0.25) is 0 Å². The van der Waals surface area contributed by atoms with Crippen LogP contribution in [0.15, 0.2) is 18.2 Å². The molecule has 0 amide bonds. The van der Waals surface area contributed by atoms with Crippen LogP contribution in [0.4, 0.5) is 10.1 Å². The fourth-order valence-corrected chi connectivity index (χ4v) is 2.33. The van der Waals surface area contributed by atoms with E-state index in [-0.39, 0.29) is 0 Å². The molecule has 1 aromatic carbocycles. The van der Waals surface area contributed by atoms with Crippen molar-refractivity contribution in [3.63, 3.8) is 0 Å². The number of nitrogens with zero attached hydrogens (tertiary/aromatic N) is 1. The lowest BCUT2D eigenvalue weighted by Crippen LogP contribution is -2.32. The van der Waals surface area contributed by atoms with Gasteiger partial charge in [0.25, 0.3) is 0 Å². The second kappa shape index (κ2) is 5.35. The lowest BCUT2D eigenvalue weighted by Gasteiger charge is -2.31. The summed E-state index contributed by atoms with van der Waals surface area (Å²) in [6.07, 6.45) is 3.32. The second-order valence-corrected chi connectivity index (χ2v) is 4.57. The number of anilines is 1. The van der Waals surface area contributed by atoms with Gasteiger partial charge in [-0.3, -0.25) is 4.79 Å². The van der Waals surface area contributed by atoms with Gasteiger partial charge in [-0.1, -0.05) is 0 Å². The first-order valence-corrected chi connectivity index (χ1v) is 6.12. The van der Waals surface area contributed by atoms with Gasteiger partial charge in [-0.15, -0.1) is 0 Å². The molecule has 1 atom stereocenters. The van der Waals surface area contributed by atoms with Crippen molar-refractivity contribution in [2.24, 2.45) is 5.73 Å². The molecular formula is C13H17FN2O2. The molecule has 18 heavy (non-hydrogen) atoms. The van der Waals surface area contributed by atoms with Gasteiger partial charge in [-0.25, -0.2) is 4.39 Å². The van der Waals surface area contributed by atoms with Gasteiger partial charge in [0.1, 0.15) is 11.9 Å². The van der Waals surface area contributed by atoms with Gasteiger partial charge >= 0.3 is 5.97 Å². The molecule has 1 aromatic rings. The van der Waals surface area contributed by atoms with Crippen molar-refractivity contribution in [2.45, 2.75) is 25.3 Å². The second-order valence-electron chi connectivity index (χ2n) is 4.57. The van der Waals surface area contributed by atoms with Gasteiger partial charge in [-0.05, 0) is 37.5 Å². The minimum absolute atomic E-state index is 0.351. The summed E-state index contributed by atoms with van der Waals surface area (Å²) in [6.45, 7) is 1.73. The highest BCUT2D eigenvalue weighted by atomic mass is 19.1. The molecule has 2 rings (SSSR count). The monoisotopic (exact) mass is 252 g/mol. The van der Waals surface area contributed by atoms with Crippen LogP contribution in [0.2, 0.25) is 0 Å². The number of hydrogen-bond donors (Lipinski definition) is 2. The fourth-order valence-electron chi connectivity index (χ4n) is 2.33. The summed E-state index contributed by atoms with van der Waals surface area (Å²) in [6, 6.07) is 3.02. The summed E-state index contributed by atoms with van der Waals surface area (Å²) in [5.41, 5.74) is 6.71. The van der Waals surface area contributed by atoms with Crippen LogP contribution in [-0.4, -0.2) is 24.2 Å². The molecule has 1 unspecified atom stereocenters. The molecule has 0 aromatic heterocycles. The smallest absolute Gasteiger partial charge is 0.325 e. The van der Waals surface area contributed by atoms with Crippen molar-refractivity contribution in [3.8, 4) is 0 Å². The third kappa shape index (κ3) is 2.61. The van der Waals surface area contributed by atoms with Crippen LogP contribution < -0.4 is 10.6 Å². The van der Waals surface area contributed by atoms with Crippen molar-refractivity contribution < 1.29 is 14.3 Å². The summed E-state index contributed by atoms with van der Waals surface area (Å²) in [4.78, 5) is 13.1. The van der Waals surface area contributed by atoms with Crippen LogP contribution in [0.3, 0.4) is 0 Å². The normalized spacial score (nSPS) is 17.6. The molecule has 1 fully saturated rings. The van der Waals surface area contributed by atoms with Gasteiger partial charge < -0.3 is 15.7 Å². The molecule has 0 bridgehead atoms. The molecule has 3 N–H and O–H groups in total. The Balaban J connectivity index is 2.36. The third-order valence-electron chi connectivity index (χ3n) is 3.29. The van der Waals surface area contributed by atoms with E-state index in [4.69, 9.17) is 10.8 Å². The number of carbonyl (C=O) groups is 1. The zero-order valence-electron chi connectivity index (χ0n) is 10.1. The van der Waals surface area contributed by atoms with Crippen LogP contribution in [0.5, 0.6) is 0 Å². The summed E-state index contributed by atoms with van der Waals surface area (Å²) in [5, 5.41) is 8.98. The molecular weight excluding hydrogens is 235 g/mol. The first kappa shape index (κ1) is 12.8. The van der Waals surface area contributed by atoms with Gasteiger partial charge in [0.15, 0.2) is 0 Å². The number of halogens is 1. The fraction of sp³-hybridized carbons (Fsp3) is 0.462. The molecule has 0 aliphatic carbocycles. The minimum atomic E-state index is -1.18. The Hall–Kier alpha value is -1.62. The Bertz CT molecular complexity index is 445. The summed E-state index contributed by atoms with van der Waals surface area (Å²) < 4.78 is 13.3. The van der Waals surface area contributed by atoms with E-state index in [1.165, 1.54) is 18.6 Å². The van der Waals surface area contributed by atoms with Crippen molar-refractivity contribution in [1.29, 1.82) is 0 Å². The molecule has 1 saturated heterocycles. The molecule has 1 aliphatic rings. The van der Waals surface area contributed by atoms with Gasteiger partial charge in [-0.2, -0.15) is 0 Å². The quantitative estimate of drug-likeness (QED) is 0.862. The maximum Gasteiger partial charge on any atom is 0.325 e. The first-order chi connectivity index (χ1) is 8.59. The molecule has 98 valence electrons. The largest absolute Gasteiger partial charge is 0.480 e. The van der Waals surface area contributed by atoms with E-state index in [0.29, 0.717) is 5.56 Å². The van der Waals surface area contributed by atoms with Gasteiger partial charge in [0, 0.05) is 24.3 Å². The number of nitrogens with two attached hydrogens (primary N) is 1. The average Bonchev–Trinajstić information content (AvgIpc) is 2.38. The Labute approximate surface area is 105 Å².